The van der Waals surface area contributed by atoms with Gasteiger partial charge in [-0.25, -0.2) is 0 Å². The van der Waals surface area contributed by atoms with E-state index in [4.69, 9.17) is 33.2 Å². The van der Waals surface area contributed by atoms with Crippen LogP contribution >= 0.6 is 23.2 Å². The summed E-state index contributed by atoms with van der Waals surface area (Å²) in [5.41, 5.74) is 2.05. The molecule has 0 radical (unpaired) electrons. The van der Waals surface area contributed by atoms with Crippen LogP contribution in [-0.4, -0.2) is 10.9 Å². The maximum absolute atomic E-state index is 8.79. The molecule has 2 rings (SSSR count). The van der Waals surface area contributed by atoms with Crippen LogP contribution < -0.4 is 4.74 Å². The minimum absolute atomic E-state index is 0.270. The van der Waals surface area contributed by atoms with Gasteiger partial charge in [-0.05, 0) is 18.2 Å². The van der Waals surface area contributed by atoms with E-state index < -0.39 is 0 Å². The number of rotatable bonds is 3. The highest BCUT2D eigenvalue weighted by Crippen LogP contribution is 2.20. The summed E-state index contributed by atoms with van der Waals surface area (Å²) in [4.78, 5) is 4.05. The van der Waals surface area contributed by atoms with E-state index in [1.807, 2.05) is 6.07 Å². The first-order valence-electron chi connectivity index (χ1n) is 6.04. The molecule has 5 heteroatoms. The van der Waals surface area contributed by atoms with Crippen molar-refractivity contribution in [2.75, 3.05) is 5.88 Å². The molecular weight excluding hydrogens is 307 g/mol. The Hall–Kier alpha value is -2.20. The van der Waals surface area contributed by atoms with Crippen LogP contribution in [0.15, 0.2) is 36.7 Å². The second-order valence-electron chi connectivity index (χ2n) is 4.05. The zero-order chi connectivity index (χ0) is 15.1. The Balaban J connectivity index is 2.08. The quantitative estimate of drug-likeness (QED) is 0.639. The Morgan fingerprint density at radius 2 is 2.05 bits per heavy atom. The maximum atomic E-state index is 8.79. The highest BCUT2D eigenvalue weighted by atomic mass is 35.5. The number of ether oxygens (including phenoxy) is 1. The van der Waals surface area contributed by atoms with Gasteiger partial charge in [0, 0.05) is 22.3 Å². The summed E-state index contributed by atoms with van der Waals surface area (Å²) in [5.74, 6) is 6.49. The molecular formula is C16H10Cl2N2O. The summed E-state index contributed by atoms with van der Waals surface area (Å²) >= 11 is 11.6. The van der Waals surface area contributed by atoms with Gasteiger partial charge in [-0.1, -0.05) is 29.5 Å². The van der Waals surface area contributed by atoms with E-state index in [2.05, 4.69) is 16.8 Å². The summed E-state index contributed by atoms with van der Waals surface area (Å²) in [6, 6.07) is 8.90. The Bertz CT molecular complexity index is 742. The van der Waals surface area contributed by atoms with Crippen LogP contribution in [-0.2, 0) is 6.61 Å². The minimum atomic E-state index is 0.270. The first-order valence-corrected chi connectivity index (χ1v) is 6.95. The van der Waals surface area contributed by atoms with Crippen molar-refractivity contribution in [2.45, 2.75) is 6.61 Å². The summed E-state index contributed by atoms with van der Waals surface area (Å²) in [5, 5.41) is 9.29. The van der Waals surface area contributed by atoms with Crippen molar-refractivity contribution in [3.63, 3.8) is 0 Å². The maximum Gasteiger partial charge on any atom is 0.139 e. The molecule has 0 bridgehead atoms. The average Bonchev–Trinajstić information content (AvgIpc) is 2.52. The van der Waals surface area contributed by atoms with Gasteiger partial charge in [-0.2, -0.15) is 5.26 Å². The minimum Gasteiger partial charge on any atom is -0.487 e. The van der Waals surface area contributed by atoms with Crippen LogP contribution in [0.3, 0.4) is 0 Å². The number of aromatic nitrogens is 1. The molecule has 21 heavy (non-hydrogen) atoms. The number of hydrogen-bond donors (Lipinski definition) is 0. The van der Waals surface area contributed by atoms with Crippen LogP contribution in [0.4, 0.5) is 0 Å². The molecule has 3 nitrogen and oxygen atoms in total. The average molecular weight is 317 g/mol. The van der Waals surface area contributed by atoms with Gasteiger partial charge < -0.3 is 4.74 Å². The van der Waals surface area contributed by atoms with E-state index in [0.717, 1.165) is 11.1 Å². The molecule has 2 aromatic rings. The largest absolute Gasteiger partial charge is 0.487 e. The smallest absolute Gasteiger partial charge is 0.139 e. The SMILES string of the molecule is N#Cc1ccc(COc2cncc(C#CCCl)c2)c(Cl)c1. The number of hydrogen-bond acceptors (Lipinski definition) is 3. The van der Waals surface area contributed by atoms with E-state index in [9.17, 15) is 0 Å². The first kappa shape index (κ1) is 15.2. The van der Waals surface area contributed by atoms with E-state index in [1.165, 1.54) is 0 Å². The number of halogens is 2. The molecule has 0 saturated carbocycles. The van der Waals surface area contributed by atoms with Crippen molar-refractivity contribution in [2.24, 2.45) is 0 Å². The fourth-order valence-electron chi connectivity index (χ4n) is 1.60. The molecule has 104 valence electrons. The van der Waals surface area contributed by atoms with Crippen LogP contribution in [0.2, 0.25) is 5.02 Å². The second kappa shape index (κ2) is 7.55. The van der Waals surface area contributed by atoms with Crippen LogP contribution in [0.1, 0.15) is 16.7 Å². The van der Waals surface area contributed by atoms with Crippen molar-refractivity contribution in [3.8, 4) is 23.7 Å². The zero-order valence-corrected chi connectivity index (χ0v) is 12.4. The molecule has 1 heterocycles. The Kier molecular flexibility index (Phi) is 5.46. The zero-order valence-electron chi connectivity index (χ0n) is 10.9. The van der Waals surface area contributed by atoms with Crippen LogP contribution in [0, 0.1) is 23.2 Å². The molecule has 0 atom stereocenters. The van der Waals surface area contributed by atoms with E-state index in [-0.39, 0.29) is 5.88 Å². The van der Waals surface area contributed by atoms with Crippen molar-refractivity contribution in [1.29, 1.82) is 5.26 Å². The highest BCUT2D eigenvalue weighted by molar-refractivity contribution is 6.31. The summed E-state index contributed by atoms with van der Waals surface area (Å²) in [7, 11) is 0. The molecule has 1 aromatic heterocycles. The Morgan fingerprint density at radius 1 is 1.19 bits per heavy atom. The van der Waals surface area contributed by atoms with Gasteiger partial charge >= 0.3 is 0 Å². The van der Waals surface area contributed by atoms with E-state index in [1.54, 1.807) is 36.7 Å². The Labute approximate surface area is 133 Å². The summed E-state index contributed by atoms with van der Waals surface area (Å²) < 4.78 is 5.64. The summed E-state index contributed by atoms with van der Waals surface area (Å²) in [6.45, 7) is 0.290. The molecule has 1 aromatic carbocycles. The number of pyridine rings is 1. The molecule has 0 aliphatic carbocycles. The lowest BCUT2D eigenvalue weighted by molar-refractivity contribution is 0.305. The third-order valence-electron chi connectivity index (χ3n) is 2.59. The third kappa shape index (κ3) is 4.39. The van der Waals surface area contributed by atoms with Gasteiger partial charge in [-0.3, -0.25) is 4.98 Å². The van der Waals surface area contributed by atoms with Gasteiger partial charge in [0.1, 0.15) is 12.4 Å². The van der Waals surface area contributed by atoms with Gasteiger partial charge in [0.25, 0.3) is 0 Å². The van der Waals surface area contributed by atoms with Crippen molar-refractivity contribution in [3.05, 3.63) is 58.4 Å². The lowest BCUT2D eigenvalue weighted by Gasteiger charge is -2.08. The van der Waals surface area contributed by atoms with Crippen LogP contribution in [0.25, 0.3) is 0 Å². The van der Waals surface area contributed by atoms with Gasteiger partial charge in [0.2, 0.25) is 0 Å². The second-order valence-corrected chi connectivity index (χ2v) is 4.73. The molecule has 0 aliphatic rings. The summed E-state index contributed by atoms with van der Waals surface area (Å²) in [6.07, 6.45) is 3.24. The molecule has 0 saturated heterocycles. The van der Waals surface area contributed by atoms with Crippen molar-refractivity contribution < 1.29 is 4.74 Å². The number of nitrogens with zero attached hydrogens (tertiary/aromatic N) is 2. The molecule has 0 spiro atoms. The predicted octanol–water partition coefficient (Wildman–Crippen LogP) is 3.78. The van der Waals surface area contributed by atoms with E-state index >= 15 is 0 Å². The molecule has 0 unspecified atom stereocenters. The lowest BCUT2D eigenvalue weighted by atomic mass is 10.1. The standard InChI is InChI=1S/C16H10Cl2N2O/c17-5-1-2-13-6-15(10-20-9-13)21-11-14-4-3-12(8-19)7-16(14)18/h3-4,6-7,9-10H,5,11H2. The predicted molar refractivity (Wildman–Crippen MR) is 82.3 cm³/mol. The van der Waals surface area contributed by atoms with Crippen molar-refractivity contribution in [1.82, 2.24) is 4.98 Å². The van der Waals surface area contributed by atoms with Gasteiger partial charge in [-0.15, -0.1) is 11.6 Å². The van der Waals surface area contributed by atoms with Crippen LogP contribution in [0.5, 0.6) is 5.75 Å². The normalized spacial score (nSPS) is 9.38. The van der Waals surface area contributed by atoms with Gasteiger partial charge in [0.15, 0.2) is 0 Å². The van der Waals surface area contributed by atoms with E-state index in [0.29, 0.717) is 22.9 Å². The number of benzene rings is 1. The first-order chi connectivity index (χ1) is 10.2. The molecule has 0 aliphatic heterocycles. The third-order valence-corrected chi connectivity index (χ3v) is 3.07. The fourth-order valence-corrected chi connectivity index (χ4v) is 1.90. The topological polar surface area (TPSA) is 45.9 Å². The molecule has 0 N–H and O–H groups in total. The number of nitriles is 1. The monoisotopic (exact) mass is 316 g/mol. The fraction of sp³-hybridized carbons (Fsp3) is 0.125. The molecule has 0 fully saturated rings. The highest BCUT2D eigenvalue weighted by Gasteiger charge is 2.03. The Morgan fingerprint density at radius 3 is 2.76 bits per heavy atom. The lowest BCUT2D eigenvalue weighted by Crippen LogP contribution is -1.97. The van der Waals surface area contributed by atoms with Crippen molar-refractivity contribution >= 4 is 23.2 Å². The molecule has 0 amide bonds. The van der Waals surface area contributed by atoms with Gasteiger partial charge in [0.05, 0.1) is 23.7 Å². The number of alkyl halides is 1.